The fourth-order valence-corrected chi connectivity index (χ4v) is 5.96. The van der Waals surface area contributed by atoms with Gasteiger partial charge in [-0.3, -0.25) is 4.90 Å². The standard InChI is InChI=1S/C20H26N2O4S/c1-27(23,24)21-9-16-17-11-22(13-20(17)7-6-19(16)26-20)10-14-8-15-4-2-3-5-18(15)25-12-14/h2-5,8,16-17,19,21H,6-7,9-13H2,1H3/t16-,17+,19+,20+/m0/s1. The van der Waals surface area contributed by atoms with E-state index in [-0.39, 0.29) is 17.6 Å². The normalized spacial score (nSPS) is 34.9. The maximum absolute atomic E-state index is 11.5. The van der Waals surface area contributed by atoms with Crippen molar-refractivity contribution in [1.29, 1.82) is 0 Å². The van der Waals surface area contributed by atoms with E-state index in [9.17, 15) is 8.42 Å². The minimum absolute atomic E-state index is 0.0808. The van der Waals surface area contributed by atoms with Gasteiger partial charge in [-0.1, -0.05) is 18.2 Å². The van der Waals surface area contributed by atoms with Crippen molar-refractivity contribution >= 4 is 16.1 Å². The van der Waals surface area contributed by atoms with Crippen LogP contribution in [0.25, 0.3) is 6.08 Å². The van der Waals surface area contributed by atoms with E-state index in [0.717, 1.165) is 43.8 Å². The van der Waals surface area contributed by atoms with Gasteiger partial charge < -0.3 is 9.47 Å². The number of nitrogens with zero attached hydrogens (tertiary/aromatic N) is 1. The minimum Gasteiger partial charge on any atom is -0.489 e. The van der Waals surface area contributed by atoms with Crippen LogP contribution in [0.1, 0.15) is 18.4 Å². The number of likely N-dealkylation sites (tertiary alicyclic amines) is 1. The second-order valence-electron chi connectivity index (χ2n) is 8.45. The van der Waals surface area contributed by atoms with E-state index in [1.807, 2.05) is 18.2 Å². The summed E-state index contributed by atoms with van der Waals surface area (Å²) in [6, 6.07) is 8.13. The molecule has 0 amide bonds. The molecule has 7 heteroatoms. The zero-order chi connectivity index (χ0) is 18.6. The number of sulfonamides is 1. The molecule has 27 heavy (non-hydrogen) atoms. The molecule has 6 nitrogen and oxygen atoms in total. The first-order chi connectivity index (χ1) is 12.9. The van der Waals surface area contributed by atoms with Crippen LogP contribution >= 0.6 is 0 Å². The van der Waals surface area contributed by atoms with Gasteiger partial charge in [0, 0.05) is 43.6 Å². The summed E-state index contributed by atoms with van der Waals surface area (Å²) in [7, 11) is -3.17. The van der Waals surface area contributed by atoms with Crippen LogP contribution in [0.2, 0.25) is 0 Å². The predicted molar refractivity (Wildman–Crippen MR) is 103 cm³/mol. The molecule has 0 aromatic heterocycles. The molecule has 1 spiro atoms. The predicted octanol–water partition coefficient (Wildman–Crippen LogP) is 1.49. The van der Waals surface area contributed by atoms with Crippen LogP contribution in [0.15, 0.2) is 29.8 Å². The number of ether oxygens (including phenoxy) is 2. The van der Waals surface area contributed by atoms with E-state index < -0.39 is 10.0 Å². The molecule has 4 atom stereocenters. The number of nitrogens with one attached hydrogen (secondary N) is 1. The summed E-state index contributed by atoms with van der Waals surface area (Å²) in [4.78, 5) is 2.46. The van der Waals surface area contributed by atoms with Crippen molar-refractivity contribution in [2.24, 2.45) is 11.8 Å². The number of hydrogen-bond donors (Lipinski definition) is 1. The molecular weight excluding hydrogens is 364 g/mol. The molecule has 0 radical (unpaired) electrons. The highest BCUT2D eigenvalue weighted by molar-refractivity contribution is 7.88. The van der Waals surface area contributed by atoms with Gasteiger partial charge in [0.1, 0.15) is 12.4 Å². The monoisotopic (exact) mass is 390 g/mol. The summed E-state index contributed by atoms with van der Waals surface area (Å²) in [6.45, 7) is 3.90. The van der Waals surface area contributed by atoms with Gasteiger partial charge in [0.15, 0.2) is 0 Å². The summed E-state index contributed by atoms with van der Waals surface area (Å²) >= 11 is 0. The van der Waals surface area contributed by atoms with Gasteiger partial charge in [0.2, 0.25) is 10.0 Å². The minimum atomic E-state index is -3.17. The zero-order valence-electron chi connectivity index (χ0n) is 15.6. The van der Waals surface area contributed by atoms with Crippen LogP contribution in [0.5, 0.6) is 5.75 Å². The Morgan fingerprint density at radius 3 is 3.04 bits per heavy atom. The maximum atomic E-state index is 11.5. The van der Waals surface area contributed by atoms with Crippen LogP contribution < -0.4 is 9.46 Å². The molecule has 2 bridgehead atoms. The molecular formula is C20H26N2O4S. The van der Waals surface area contributed by atoms with E-state index in [1.54, 1.807) is 0 Å². The second kappa shape index (κ2) is 6.30. The Hall–Kier alpha value is -1.41. The number of rotatable bonds is 5. The van der Waals surface area contributed by atoms with Crippen molar-refractivity contribution in [3.8, 4) is 5.75 Å². The van der Waals surface area contributed by atoms with E-state index in [1.165, 1.54) is 11.8 Å². The highest BCUT2D eigenvalue weighted by atomic mass is 32.2. The van der Waals surface area contributed by atoms with Crippen molar-refractivity contribution < 1.29 is 17.9 Å². The smallest absolute Gasteiger partial charge is 0.208 e. The Kier molecular flexibility index (Phi) is 4.13. The van der Waals surface area contributed by atoms with Crippen molar-refractivity contribution in [3.63, 3.8) is 0 Å². The molecule has 5 rings (SSSR count). The van der Waals surface area contributed by atoms with Crippen molar-refractivity contribution in [2.75, 3.05) is 39.0 Å². The van der Waals surface area contributed by atoms with E-state index in [0.29, 0.717) is 19.1 Å². The van der Waals surface area contributed by atoms with Gasteiger partial charge in [-0.15, -0.1) is 0 Å². The quantitative estimate of drug-likeness (QED) is 0.825. The second-order valence-corrected chi connectivity index (χ2v) is 10.3. The summed E-state index contributed by atoms with van der Waals surface area (Å²) in [5, 5.41) is 0. The first kappa shape index (κ1) is 17.7. The van der Waals surface area contributed by atoms with E-state index in [4.69, 9.17) is 9.47 Å². The SMILES string of the molecule is CS(=O)(=O)NC[C@H]1[C@H]2CN(CC3=Cc4ccccc4OC3)C[C@]23CC[C@H]1O3. The van der Waals surface area contributed by atoms with Crippen LogP contribution in [-0.2, 0) is 14.8 Å². The largest absolute Gasteiger partial charge is 0.489 e. The number of hydrogen-bond acceptors (Lipinski definition) is 5. The molecule has 1 N–H and O–H groups in total. The summed E-state index contributed by atoms with van der Waals surface area (Å²) in [5.41, 5.74) is 2.34. The third-order valence-electron chi connectivity index (χ3n) is 6.55. The molecule has 3 fully saturated rings. The Morgan fingerprint density at radius 2 is 2.19 bits per heavy atom. The third-order valence-corrected chi connectivity index (χ3v) is 7.25. The first-order valence-corrected chi connectivity index (χ1v) is 11.6. The summed E-state index contributed by atoms with van der Waals surface area (Å²) in [6.07, 6.45) is 5.80. The van der Waals surface area contributed by atoms with Crippen molar-refractivity contribution in [1.82, 2.24) is 9.62 Å². The lowest BCUT2D eigenvalue weighted by Crippen LogP contribution is -2.41. The molecule has 1 aromatic carbocycles. The van der Waals surface area contributed by atoms with Crippen molar-refractivity contribution in [3.05, 3.63) is 35.4 Å². The van der Waals surface area contributed by atoms with Crippen LogP contribution in [0, 0.1) is 11.8 Å². The molecule has 0 aliphatic carbocycles. The summed E-state index contributed by atoms with van der Waals surface area (Å²) in [5.74, 6) is 1.63. The van der Waals surface area contributed by atoms with Crippen molar-refractivity contribution in [2.45, 2.75) is 24.5 Å². The fourth-order valence-electron chi connectivity index (χ4n) is 5.47. The molecule has 4 heterocycles. The average Bonchev–Trinajstić information content (AvgIpc) is 3.27. The summed E-state index contributed by atoms with van der Waals surface area (Å²) < 4.78 is 38.1. The van der Waals surface area contributed by atoms with Gasteiger partial charge in [-0.25, -0.2) is 13.1 Å². The Balaban J connectivity index is 1.29. The number of benzene rings is 1. The van der Waals surface area contributed by atoms with Gasteiger partial charge in [0.05, 0.1) is 18.0 Å². The van der Waals surface area contributed by atoms with E-state index >= 15 is 0 Å². The molecule has 1 aromatic rings. The Bertz CT molecular complexity index is 884. The van der Waals surface area contributed by atoms with Crippen LogP contribution in [-0.4, -0.2) is 64.1 Å². The van der Waals surface area contributed by atoms with E-state index in [2.05, 4.69) is 21.8 Å². The average molecular weight is 391 g/mol. The van der Waals surface area contributed by atoms with Crippen LogP contribution in [0.3, 0.4) is 0 Å². The molecule has 3 saturated heterocycles. The maximum Gasteiger partial charge on any atom is 0.208 e. The van der Waals surface area contributed by atoms with Gasteiger partial charge >= 0.3 is 0 Å². The first-order valence-electron chi connectivity index (χ1n) is 9.68. The lowest BCUT2D eigenvalue weighted by atomic mass is 9.74. The molecule has 4 aliphatic heterocycles. The van der Waals surface area contributed by atoms with Gasteiger partial charge in [0.25, 0.3) is 0 Å². The zero-order valence-corrected chi connectivity index (χ0v) is 16.4. The topological polar surface area (TPSA) is 67.9 Å². The molecule has 0 saturated carbocycles. The van der Waals surface area contributed by atoms with Gasteiger partial charge in [-0.2, -0.15) is 0 Å². The Morgan fingerprint density at radius 1 is 1.33 bits per heavy atom. The highest BCUT2D eigenvalue weighted by Crippen LogP contribution is 2.54. The fraction of sp³-hybridized carbons (Fsp3) is 0.600. The molecule has 146 valence electrons. The van der Waals surface area contributed by atoms with Gasteiger partial charge in [-0.05, 0) is 30.6 Å². The highest BCUT2D eigenvalue weighted by Gasteiger charge is 2.62. The lowest BCUT2D eigenvalue weighted by molar-refractivity contribution is 0.00343. The number of para-hydroxylation sites is 1. The Labute approximate surface area is 160 Å². The lowest BCUT2D eigenvalue weighted by Gasteiger charge is -2.29. The third kappa shape index (κ3) is 3.20. The molecule has 0 unspecified atom stereocenters. The number of fused-ring (bicyclic) bond motifs is 2. The molecule has 4 aliphatic rings. The van der Waals surface area contributed by atoms with Crippen LogP contribution in [0.4, 0.5) is 0 Å².